The highest BCUT2D eigenvalue weighted by atomic mass is 127. The summed E-state index contributed by atoms with van der Waals surface area (Å²) in [6.45, 7) is 1.08. The number of alkyl halides is 4. The second-order valence-corrected chi connectivity index (χ2v) is 5.26. The molecule has 3 atom stereocenters. The Balaban J connectivity index is 2.42. The molecule has 0 aromatic carbocycles. The molecule has 84 valence electrons. The molecule has 0 aliphatic heterocycles. The fourth-order valence-electron chi connectivity index (χ4n) is 1.54. The van der Waals surface area contributed by atoms with Crippen LogP contribution in [0.2, 0.25) is 0 Å². The average molecular weight is 322 g/mol. The van der Waals surface area contributed by atoms with Gasteiger partial charge in [0.25, 0.3) is 0 Å². The van der Waals surface area contributed by atoms with E-state index in [0.29, 0.717) is 0 Å². The van der Waals surface area contributed by atoms with Gasteiger partial charge in [0, 0.05) is 3.92 Å². The van der Waals surface area contributed by atoms with Crippen LogP contribution < -0.4 is 0 Å². The first-order valence-corrected chi connectivity index (χ1v) is 6.02. The summed E-state index contributed by atoms with van der Waals surface area (Å²) >= 11 is 2.19. The molecule has 3 unspecified atom stereocenters. The lowest BCUT2D eigenvalue weighted by Gasteiger charge is -2.30. The highest BCUT2D eigenvalue weighted by molar-refractivity contribution is 14.1. The van der Waals surface area contributed by atoms with Crippen molar-refractivity contribution in [2.75, 3.05) is 0 Å². The molecule has 0 aromatic rings. The largest absolute Gasteiger partial charge is 0.414 e. The van der Waals surface area contributed by atoms with Crippen molar-refractivity contribution in [1.82, 2.24) is 0 Å². The minimum absolute atomic E-state index is 0.221. The van der Waals surface area contributed by atoms with Crippen molar-refractivity contribution in [2.45, 2.75) is 54.9 Å². The molecule has 1 aliphatic carbocycles. The quantitative estimate of drug-likeness (QED) is 0.556. The normalized spacial score (nSPS) is 31.5. The standard InChI is InChI=1S/C9H14F3IO/c1-6(9(10,11)12)14-8-5-3-2-4-7(8)13/h6-8H,2-5H2,1H3. The lowest BCUT2D eigenvalue weighted by atomic mass is 9.97. The van der Waals surface area contributed by atoms with Crippen molar-refractivity contribution < 1.29 is 17.9 Å². The highest BCUT2D eigenvalue weighted by Gasteiger charge is 2.39. The molecule has 0 bridgehead atoms. The third-order valence-corrected chi connectivity index (χ3v) is 3.89. The van der Waals surface area contributed by atoms with Crippen LogP contribution in [-0.2, 0) is 4.74 Å². The number of hydrogen-bond acceptors (Lipinski definition) is 1. The van der Waals surface area contributed by atoms with Gasteiger partial charge in [0.05, 0.1) is 6.10 Å². The van der Waals surface area contributed by atoms with E-state index >= 15 is 0 Å². The molecular weight excluding hydrogens is 308 g/mol. The topological polar surface area (TPSA) is 9.23 Å². The molecule has 0 radical (unpaired) electrons. The molecular formula is C9H14F3IO. The molecule has 0 aromatic heterocycles. The molecule has 0 heterocycles. The van der Waals surface area contributed by atoms with Crippen molar-refractivity contribution in [3.63, 3.8) is 0 Å². The Bertz CT molecular complexity index is 183. The maximum Gasteiger partial charge on any atom is 0.414 e. The van der Waals surface area contributed by atoms with E-state index in [1.165, 1.54) is 0 Å². The van der Waals surface area contributed by atoms with Crippen LogP contribution in [0.15, 0.2) is 0 Å². The molecule has 1 aliphatic rings. The Morgan fingerprint density at radius 2 is 1.86 bits per heavy atom. The van der Waals surface area contributed by atoms with Crippen LogP contribution >= 0.6 is 22.6 Å². The summed E-state index contributed by atoms with van der Waals surface area (Å²) in [6.07, 6.45) is -2.27. The van der Waals surface area contributed by atoms with E-state index in [2.05, 4.69) is 22.6 Å². The Morgan fingerprint density at radius 3 is 2.36 bits per heavy atom. The van der Waals surface area contributed by atoms with Gasteiger partial charge in [-0.2, -0.15) is 13.2 Å². The second-order valence-electron chi connectivity index (χ2n) is 3.66. The third-order valence-electron chi connectivity index (χ3n) is 2.46. The van der Waals surface area contributed by atoms with Crippen LogP contribution in [0, 0.1) is 0 Å². The smallest absolute Gasteiger partial charge is 0.365 e. The summed E-state index contributed by atoms with van der Waals surface area (Å²) in [7, 11) is 0. The molecule has 0 amide bonds. The SMILES string of the molecule is CC(OC1CCCCC1I)C(F)(F)F. The van der Waals surface area contributed by atoms with Crippen LogP contribution in [0.4, 0.5) is 13.2 Å². The van der Waals surface area contributed by atoms with Gasteiger partial charge < -0.3 is 4.74 Å². The average Bonchev–Trinajstić information content (AvgIpc) is 2.07. The first-order chi connectivity index (χ1) is 6.41. The zero-order chi connectivity index (χ0) is 10.8. The molecule has 0 saturated heterocycles. The summed E-state index contributed by atoms with van der Waals surface area (Å²) in [5.41, 5.74) is 0. The van der Waals surface area contributed by atoms with Gasteiger partial charge in [-0.25, -0.2) is 0 Å². The predicted octanol–water partition coefficient (Wildman–Crippen LogP) is 3.70. The lowest BCUT2D eigenvalue weighted by Crippen LogP contribution is -2.37. The van der Waals surface area contributed by atoms with Gasteiger partial charge >= 0.3 is 6.18 Å². The van der Waals surface area contributed by atoms with Crippen molar-refractivity contribution in [2.24, 2.45) is 0 Å². The summed E-state index contributed by atoms with van der Waals surface area (Å²) in [6, 6.07) is 0. The highest BCUT2D eigenvalue weighted by Crippen LogP contribution is 2.31. The minimum atomic E-state index is -4.23. The fourth-order valence-corrected chi connectivity index (χ4v) is 2.51. The van der Waals surface area contributed by atoms with E-state index in [4.69, 9.17) is 4.74 Å². The van der Waals surface area contributed by atoms with Crippen LogP contribution in [0.1, 0.15) is 32.6 Å². The Labute approximate surface area is 95.5 Å². The molecule has 5 heteroatoms. The summed E-state index contributed by atoms with van der Waals surface area (Å²) in [5.74, 6) is 0. The molecule has 14 heavy (non-hydrogen) atoms. The Kier molecular flexibility index (Phi) is 4.49. The zero-order valence-electron chi connectivity index (χ0n) is 7.98. The monoisotopic (exact) mass is 322 g/mol. The summed E-state index contributed by atoms with van der Waals surface area (Å²) < 4.78 is 41.9. The summed E-state index contributed by atoms with van der Waals surface area (Å²) in [5, 5.41) is 0. The zero-order valence-corrected chi connectivity index (χ0v) is 10.1. The second kappa shape index (κ2) is 5.01. The Hall–Kier alpha value is 0.480. The fraction of sp³-hybridized carbons (Fsp3) is 1.00. The number of halogens is 4. The number of rotatable bonds is 2. The molecule has 1 fully saturated rings. The van der Waals surface area contributed by atoms with Crippen LogP contribution in [0.25, 0.3) is 0 Å². The van der Waals surface area contributed by atoms with Gasteiger partial charge in [-0.3, -0.25) is 0 Å². The third kappa shape index (κ3) is 3.56. The van der Waals surface area contributed by atoms with Crippen LogP contribution in [0.5, 0.6) is 0 Å². The van der Waals surface area contributed by atoms with Gasteiger partial charge in [0.2, 0.25) is 0 Å². The van der Waals surface area contributed by atoms with E-state index in [1.54, 1.807) is 0 Å². The molecule has 1 nitrogen and oxygen atoms in total. The molecule has 1 saturated carbocycles. The maximum absolute atomic E-state index is 12.2. The van der Waals surface area contributed by atoms with Crippen molar-refractivity contribution >= 4 is 22.6 Å². The predicted molar refractivity (Wildman–Crippen MR) is 56.7 cm³/mol. The minimum Gasteiger partial charge on any atom is -0.365 e. The number of hydrogen-bond donors (Lipinski definition) is 0. The number of ether oxygens (including phenoxy) is 1. The van der Waals surface area contributed by atoms with Crippen LogP contribution in [-0.4, -0.2) is 22.3 Å². The van der Waals surface area contributed by atoms with E-state index in [0.717, 1.165) is 32.6 Å². The van der Waals surface area contributed by atoms with Crippen LogP contribution in [0.3, 0.4) is 0 Å². The van der Waals surface area contributed by atoms with Gasteiger partial charge in [0.15, 0.2) is 6.10 Å². The van der Waals surface area contributed by atoms with Gasteiger partial charge in [-0.15, -0.1) is 0 Å². The van der Waals surface area contributed by atoms with E-state index < -0.39 is 12.3 Å². The first kappa shape index (κ1) is 12.5. The first-order valence-electron chi connectivity index (χ1n) is 4.77. The van der Waals surface area contributed by atoms with Gasteiger partial charge in [0.1, 0.15) is 0 Å². The lowest BCUT2D eigenvalue weighted by molar-refractivity contribution is -0.227. The Morgan fingerprint density at radius 1 is 1.29 bits per heavy atom. The van der Waals surface area contributed by atoms with Gasteiger partial charge in [-0.1, -0.05) is 35.4 Å². The molecule has 0 spiro atoms. The van der Waals surface area contributed by atoms with Crippen molar-refractivity contribution in [3.8, 4) is 0 Å². The summed E-state index contributed by atoms with van der Waals surface area (Å²) in [4.78, 5) is 0. The van der Waals surface area contributed by atoms with E-state index in [-0.39, 0.29) is 10.0 Å². The van der Waals surface area contributed by atoms with Crippen molar-refractivity contribution in [1.29, 1.82) is 0 Å². The van der Waals surface area contributed by atoms with E-state index in [1.807, 2.05) is 0 Å². The van der Waals surface area contributed by atoms with E-state index in [9.17, 15) is 13.2 Å². The molecule has 1 rings (SSSR count). The molecule has 0 N–H and O–H groups in total. The van der Waals surface area contributed by atoms with Crippen molar-refractivity contribution in [3.05, 3.63) is 0 Å². The maximum atomic E-state index is 12.2. The van der Waals surface area contributed by atoms with Gasteiger partial charge in [-0.05, 0) is 19.8 Å².